The summed E-state index contributed by atoms with van der Waals surface area (Å²) in [6, 6.07) is 4.82. The Morgan fingerprint density at radius 2 is 2.03 bits per heavy atom. The van der Waals surface area contributed by atoms with Crippen LogP contribution in [0.4, 0.5) is 16.2 Å². The maximum Gasteiger partial charge on any atom is 0.408 e. The second-order valence-electron chi connectivity index (χ2n) is 10.2. The van der Waals surface area contributed by atoms with Crippen molar-refractivity contribution in [3.63, 3.8) is 0 Å². The van der Waals surface area contributed by atoms with E-state index in [0.717, 1.165) is 17.7 Å². The van der Waals surface area contributed by atoms with E-state index in [1.165, 1.54) is 0 Å². The van der Waals surface area contributed by atoms with Crippen molar-refractivity contribution in [2.24, 2.45) is 5.92 Å². The van der Waals surface area contributed by atoms with Crippen molar-refractivity contribution in [1.82, 2.24) is 10.6 Å². The molecule has 0 saturated carbocycles. The molecule has 0 radical (unpaired) electrons. The molecule has 2 aliphatic rings. The van der Waals surface area contributed by atoms with Gasteiger partial charge in [-0.2, -0.15) is 0 Å². The maximum atomic E-state index is 13.0. The number of rotatable bonds is 7. The van der Waals surface area contributed by atoms with E-state index in [1.54, 1.807) is 4.90 Å². The number of para-hydroxylation sites is 1. The third-order valence-electron chi connectivity index (χ3n) is 5.66. The summed E-state index contributed by atoms with van der Waals surface area (Å²) in [6.07, 6.45) is 1.94. The third-order valence-corrected chi connectivity index (χ3v) is 5.66. The predicted molar refractivity (Wildman–Crippen MR) is 129 cm³/mol. The van der Waals surface area contributed by atoms with E-state index in [9.17, 15) is 14.4 Å². The Bertz CT molecular complexity index is 935. The quantitative estimate of drug-likeness (QED) is 0.581. The van der Waals surface area contributed by atoms with Gasteiger partial charge in [-0.25, -0.2) is 4.79 Å². The number of nitrogens with one attached hydrogen (secondary N) is 3. The summed E-state index contributed by atoms with van der Waals surface area (Å²) in [5.41, 5.74) is 2.36. The van der Waals surface area contributed by atoms with E-state index in [-0.39, 0.29) is 17.9 Å². The summed E-state index contributed by atoms with van der Waals surface area (Å²) in [6.45, 7) is 14.3. The molecule has 0 spiro atoms. The van der Waals surface area contributed by atoms with Gasteiger partial charge in [0.1, 0.15) is 11.6 Å². The Kier molecular flexibility index (Phi) is 7.34. The number of ether oxygens (including phenoxy) is 1. The number of alkyl carbamates (subject to hydrolysis) is 1. The highest BCUT2D eigenvalue weighted by Crippen LogP contribution is 2.35. The molecule has 1 fully saturated rings. The van der Waals surface area contributed by atoms with Crippen molar-refractivity contribution in [3.8, 4) is 0 Å². The zero-order valence-electron chi connectivity index (χ0n) is 20.3. The maximum absolute atomic E-state index is 13.0. The van der Waals surface area contributed by atoms with Gasteiger partial charge in [0.25, 0.3) is 0 Å². The predicted octanol–water partition coefficient (Wildman–Crippen LogP) is 3.72. The molecule has 0 aromatic heterocycles. The van der Waals surface area contributed by atoms with Gasteiger partial charge in [0.2, 0.25) is 11.8 Å². The number of carbonyl (C=O) groups excluding carboxylic acids is 3. The molecule has 8 heteroatoms. The fourth-order valence-electron chi connectivity index (χ4n) is 4.20. The van der Waals surface area contributed by atoms with Crippen LogP contribution in [0.5, 0.6) is 0 Å². The normalized spacial score (nSPS) is 19.1. The van der Waals surface area contributed by atoms with E-state index in [0.29, 0.717) is 43.1 Å². The molecule has 2 heterocycles. The van der Waals surface area contributed by atoms with Crippen molar-refractivity contribution < 1.29 is 19.1 Å². The minimum Gasteiger partial charge on any atom is -0.444 e. The van der Waals surface area contributed by atoms with Crippen molar-refractivity contribution in [2.75, 3.05) is 16.8 Å². The van der Waals surface area contributed by atoms with Crippen LogP contribution in [0.15, 0.2) is 30.5 Å². The van der Waals surface area contributed by atoms with Crippen LogP contribution in [0.25, 0.3) is 0 Å². The largest absolute Gasteiger partial charge is 0.444 e. The lowest BCUT2D eigenvalue weighted by Gasteiger charge is -2.32. The molecule has 3 N–H and O–H groups in total. The van der Waals surface area contributed by atoms with Crippen LogP contribution in [0.2, 0.25) is 0 Å². The van der Waals surface area contributed by atoms with E-state index in [4.69, 9.17) is 4.74 Å². The Morgan fingerprint density at radius 3 is 2.64 bits per heavy atom. The first kappa shape index (κ1) is 24.6. The molecule has 2 atom stereocenters. The number of benzene rings is 1. The van der Waals surface area contributed by atoms with Gasteiger partial charge in [0.05, 0.1) is 17.4 Å². The third kappa shape index (κ3) is 6.27. The molecule has 1 saturated heterocycles. The van der Waals surface area contributed by atoms with Gasteiger partial charge in [-0.05, 0) is 51.2 Å². The smallest absolute Gasteiger partial charge is 0.408 e. The van der Waals surface area contributed by atoms with Crippen molar-refractivity contribution in [2.45, 2.75) is 78.0 Å². The molecule has 0 bridgehead atoms. The number of fused-ring (bicyclic) bond motifs is 1. The highest BCUT2D eigenvalue weighted by atomic mass is 16.6. The fraction of sp³-hybridized carbons (Fsp3) is 0.560. The molecule has 1 aromatic rings. The van der Waals surface area contributed by atoms with E-state index >= 15 is 0 Å². The minimum absolute atomic E-state index is 0.0796. The molecule has 0 aliphatic carbocycles. The standard InChI is InChI=1S/C25H36N4O4/c1-15(2)13-18(27-24(32)33-25(4,5)6)16(3)26-19-14-17-9-7-10-20(22(17)28-23(19)31)29-12-8-11-21(29)30/h7,9-10,15,18-19,26H,3,8,11-14H2,1-2,4-6H3,(H,27,32)(H,28,31)/t18-,19?/m1/s1. The molecule has 180 valence electrons. The Hall–Kier alpha value is -3.03. The van der Waals surface area contributed by atoms with Crippen LogP contribution in [0, 0.1) is 5.92 Å². The summed E-state index contributed by atoms with van der Waals surface area (Å²) >= 11 is 0. The van der Waals surface area contributed by atoms with Crippen molar-refractivity contribution >= 4 is 29.3 Å². The molecule has 8 nitrogen and oxygen atoms in total. The molecule has 3 rings (SSSR count). The van der Waals surface area contributed by atoms with Crippen LogP contribution in [0.3, 0.4) is 0 Å². The van der Waals surface area contributed by atoms with Gasteiger partial charge in [-0.15, -0.1) is 0 Å². The van der Waals surface area contributed by atoms with Crippen LogP contribution < -0.4 is 20.9 Å². The second-order valence-corrected chi connectivity index (χ2v) is 10.2. The first-order chi connectivity index (χ1) is 15.4. The lowest BCUT2D eigenvalue weighted by Crippen LogP contribution is -2.50. The number of amides is 3. The number of hydrogen-bond donors (Lipinski definition) is 3. The van der Waals surface area contributed by atoms with Crippen LogP contribution in [-0.2, 0) is 20.7 Å². The number of nitrogens with zero attached hydrogens (tertiary/aromatic N) is 1. The molecule has 3 amide bonds. The van der Waals surface area contributed by atoms with Crippen molar-refractivity contribution in [3.05, 3.63) is 36.0 Å². The first-order valence-corrected chi connectivity index (χ1v) is 11.6. The average molecular weight is 457 g/mol. The van der Waals surface area contributed by atoms with E-state index in [1.807, 2.05) is 39.0 Å². The molecule has 1 aromatic carbocycles. The highest BCUT2D eigenvalue weighted by Gasteiger charge is 2.32. The fourth-order valence-corrected chi connectivity index (χ4v) is 4.20. The Balaban J connectivity index is 1.72. The van der Waals surface area contributed by atoms with Crippen LogP contribution in [-0.4, -0.2) is 42.1 Å². The molecule has 2 aliphatic heterocycles. The van der Waals surface area contributed by atoms with Gasteiger partial charge in [0, 0.05) is 25.1 Å². The molecular weight excluding hydrogens is 420 g/mol. The number of anilines is 2. The summed E-state index contributed by atoms with van der Waals surface area (Å²) in [5, 5.41) is 9.09. The zero-order valence-corrected chi connectivity index (χ0v) is 20.3. The monoisotopic (exact) mass is 456 g/mol. The molecule has 1 unspecified atom stereocenters. The Morgan fingerprint density at radius 1 is 1.30 bits per heavy atom. The molecular formula is C25H36N4O4. The van der Waals surface area contributed by atoms with E-state index < -0.39 is 17.7 Å². The minimum atomic E-state index is -0.609. The first-order valence-electron chi connectivity index (χ1n) is 11.6. The van der Waals surface area contributed by atoms with Gasteiger partial charge in [-0.1, -0.05) is 32.6 Å². The summed E-state index contributed by atoms with van der Waals surface area (Å²) in [5.74, 6) is 0.185. The number of hydrogen-bond acceptors (Lipinski definition) is 5. The second kappa shape index (κ2) is 9.85. The number of carbonyl (C=O) groups is 3. The molecule has 33 heavy (non-hydrogen) atoms. The summed E-state index contributed by atoms with van der Waals surface area (Å²) < 4.78 is 5.40. The average Bonchev–Trinajstić information content (AvgIpc) is 3.11. The topological polar surface area (TPSA) is 99.8 Å². The lowest BCUT2D eigenvalue weighted by atomic mass is 9.96. The Labute approximate surface area is 196 Å². The van der Waals surface area contributed by atoms with Gasteiger partial charge in [-0.3, -0.25) is 9.59 Å². The van der Waals surface area contributed by atoms with Gasteiger partial charge < -0.3 is 25.6 Å². The van der Waals surface area contributed by atoms with Gasteiger partial charge in [0.15, 0.2) is 0 Å². The SMILES string of the molecule is C=C(NC1Cc2cccc(N3CCCC3=O)c2NC1=O)[C@@H](CC(C)C)NC(=O)OC(C)(C)C. The van der Waals surface area contributed by atoms with Crippen molar-refractivity contribution in [1.29, 1.82) is 0 Å². The van der Waals surface area contributed by atoms with E-state index in [2.05, 4.69) is 36.4 Å². The van der Waals surface area contributed by atoms with Crippen LogP contribution >= 0.6 is 0 Å². The zero-order chi connectivity index (χ0) is 24.3. The summed E-state index contributed by atoms with van der Waals surface area (Å²) in [4.78, 5) is 39.3. The summed E-state index contributed by atoms with van der Waals surface area (Å²) in [7, 11) is 0. The highest BCUT2D eigenvalue weighted by molar-refractivity contribution is 6.05. The van der Waals surface area contributed by atoms with Gasteiger partial charge >= 0.3 is 6.09 Å². The lowest BCUT2D eigenvalue weighted by molar-refractivity contribution is -0.118. The van der Waals surface area contributed by atoms with Crippen LogP contribution in [0.1, 0.15) is 59.4 Å².